The van der Waals surface area contributed by atoms with E-state index in [0.717, 1.165) is 11.8 Å². The molecule has 1 nitrogen and oxygen atoms in total. The van der Waals surface area contributed by atoms with Gasteiger partial charge in [-0.2, -0.15) is 8.78 Å². The summed E-state index contributed by atoms with van der Waals surface area (Å²) in [6.07, 6.45) is 0. The van der Waals surface area contributed by atoms with Crippen LogP contribution in [0.15, 0.2) is 4.99 Å². The molecular weight excluding hydrogens is 192 g/mol. The van der Waals surface area contributed by atoms with Crippen LogP contribution < -0.4 is 0 Å². The molecule has 11 heavy (non-hydrogen) atoms. The highest BCUT2D eigenvalue weighted by molar-refractivity contribution is 8.14. The van der Waals surface area contributed by atoms with E-state index in [1.807, 2.05) is 0 Å². The van der Waals surface area contributed by atoms with Gasteiger partial charge in [0.2, 0.25) is 0 Å². The quantitative estimate of drug-likeness (QED) is 0.592. The van der Waals surface area contributed by atoms with E-state index in [-0.39, 0.29) is 5.04 Å². The first-order chi connectivity index (χ1) is 4.81. The van der Waals surface area contributed by atoms with Gasteiger partial charge < -0.3 is 0 Å². The van der Waals surface area contributed by atoms with Crippen molar-refractivity contribution < 1.29 is 8.78 Å². The molecule has 64 valence electrons. The van der Waals surface area contributed by atoms with Gasteiger partial charge >= 0.3 is 5.38 Å². The number of hydrogen-bond acceptors (Lipinski definition) is 2. The molecule has 0 bridgehead atoms. The summed E-state index contributed by atoms with van der Waals surface area (Å²) in [5.41, 5.74) is -0.391. The zero-order valence-corrected chi connectivity index (χ0v) is 7.77. The highest BCUT2D eigenvalue weighted by Gasteiger charge is 2.40. The van der Waals surface area contributed by atoms with Gasteiger partial charge in [0.25, 0.3) is 0 Å². The van der Waals surface area contributed by atoms with Crippen LogP contribution in [0.25, 0.3) is 0 Å². The molecule has 1 rings (SSSR count). The second kappa shape index (κ2) is 2.59. The molecule has 0 amide bonds. The molecule has 5 heteroatoms. The molecule has 0 saturated heterocycles. The SMILES string of the molecule is CC1(C)CSC(C(F)(F)Cl)=N1. The Labute approximate surface area is 73.2 Å². The van der Waals surface area contributed by atoms with E-state index < -0.39 is 10.9 Å². The summed E-state index contributed by atoms with van der Waals surface area (Å²) in [6, 6.07) is 0. The van der Waals surface area contributed by atoms with Crippen LogP contribution in [0.5, 0.6) is 0 Å². The summed E-state index contributed by atoms with van der Waals surface area (Å²) in [7, 11) is 0. The minimum Gasteiger partial charge on any atom is -0.269 e. The topological polar surface area (TPSA) is 12.4 Å². The highest BCUT2D eigenvalue weighted by Crippen LogP contribution is 2.36. The van der Waals surface area contributed by atoms with E-state index in [4.69, 9.17) is 11.6 Å². The maximum Gasteiger partial charge on any atom is 0.370 e. The molecule has 0 fully saturated rings. The summed E-state index contributed by atoms with van der Waals surface area (Å²) < 4.78 is 24.8. The third-order valence-corrected chi connectivity index (χ3v) is 2.97. The van der Waals surface area contributed by atoms with Crippen molar-refractivity contribution in [1.29, 1.82) is 0 Å². The Hall–Kier alpha value is 0.170. The van der Waals surface area contributed by atoms with Crippen molar-refractivity contribution in [2.24, 2.45) is 4.99 Å². The second-order valence-electron chi connectivity index (χ2n) is 3.02. The summed E-state index contributed by atoms with van der Waals surface area (Å²) in [5, 5.41) is -3.54. The number of thioether (sulfide) groups is 1. The van der Waals surface area contributed by atoms with Crippen molar-refractivity contribution in [3.05, 3.63) is 0 Å². The fourth-order valence-corrected chi connectivity index (χ4v) is 1.97. The normalized spacial score (nSPS) is 23.5. The van der Waals surface area contributed by atoms with Gasteiger partial charge in [0.05, 0.1) is 5.54 Å². The van der Waals surface area contributed by atoms with Crippen LogP contribution in [-0.2, 0) is 0 Å². The van der Waals surface area contributed by atoms with Crippen LogP contribution in [0.1, 0.15) is 13.8 Å². The van der Waals surface area contributed by atoms with E-state index in [0.29, 0.717) is 5.75 Å². The monoisotopic (exact) mass is 199 g/mol. The van der Waals surface area contributed by atoms with Crippen LogP contribution in [0.4, 0.5) is 8.78 Å². The van der Waals surface area contributed by atoms with E-state index in [9.17, 15) is 8.78 Å². The molecule has 1 aliphatic heterocycles. The summed E-state index contributed by atoms with van der Waals surface area (Å²) in [6.45, 7) is 3.60. The van der Waals surface area contributed by atoms with Crippen LogP contribution in [0, 0.1) is 0 Å². The number of nitrogens with zero attached hydrogens (tertiary/aromatic N) is 1. The summed E-state index contributed by atoms with van der Waals surface area (Å²) in [4.78, 5) is 3.79. The molecule has 0 aromatic carbocycles. The predicted octanol–water partition coefficient (Wildman–Crippen LogP) is 2.74. The van der Waals surface area contributed by atoms with Gasteiger partial charge in [-0.3, -0.25) is 4.99 Å². The number of alkyl halides is 3. The minimum absolute atomic E-state index is 0.260. The molecule has 1 heterocycles. The molecule has 0 unspecified atom stereocenters. The first-order valence-corrected chi connectivity index (χ1v) is 4.47. The van der Waals surface area contributed by atoms with Crippen molar-refractivity contribution in [3.8, 4) is 0 Å². The Balaban J connectivity index is 2.79. The third kappa shape index (κ3) is 2.30. The molecule has 0 aromatic rings. The summed E-state index contributed by atoms with van der Waals surface area (Å²) >= 11 is 5.81. The average Bonchev–Trinajstić information content (AvgIpc) is 2.07. The van der Waals surface area contributed by atoms with Crippen molar-refractivity contribution in [2.45, 2.75) is 24.8 Å². The predicted molar refractivity (Wildman–Crippen MR) is 44.8 cm³/mol. The van der Waals surface area contributed by atoms with E-state index >= 15 is 0 Å². The lowest BCUT2D eigenvalue weighted by Crippen LogP contribution is -2.18. The number of rotatable bonds is 1. The summed E-state index contributed by atoms with van der Waals surface area (Å²) in [5.74, 6) is 0.574. The largest absolute Gasteiger partial charge is 0.370 e. The third-order valence-electron chi connectivity index (χ3n) is 1.21. The maximum absolute atomic E-state index is 12.4. The van der Waals surface area contributed by atoms with Gasteiger partial charge in [0.1, 0.15) is 0 Å². The fraction of sp³-hybridized carbons (Fsp3) is 0.833. The lowest BCUT2D eigenvalue weighted by atomic mass is 10.1. The van der Waals surface area contributed by atoms with Gasteiger partial charge in [0, 0.05) is 5.75 Å². The molecule has 0 spiro atoms. The standard InChI is InChI=1S/C6H8ClF2NS/c1-5(2)3-11-4(10-5)6(7,8)9/h3H2,1-2H3. The van der Waals surface area contributed by atoms with E-state index in [1.54, 1.807) is 13.8 Å². The Kier molecular flexibility index (Phi) is 2.18. The van der Waals surface area contributed by atoms with Gasteiger partial charge in [-0.15, -0.1) is 11.8 Å². The fourth-order valence-electron chi connectivity index (χ4n) is 0.730. The van der Waals surface area contributed by atoms with Crippen LogP contribution in [-0.4, -0.2) is 21.7 Å². The van der Waals surface area contributed by atoms with Crippen LogP contribution in [0.3, 0.4) is 0 Å². The Morgan fingerprint density at radius 2 is 2.18 bits per heavy atom. The van der Waals surface area contributed by atoms with Crippen molar-refractivity contribution >= 4 is 28.4 Å². The highest BCUT2D eigenvalue weighted by atomic mass is 35.5. The Morgan fingerprint density at radius 3 is 2.36 bits per heavy atom. The average molecular weight is 200 g/mol. The van der Waals surface area contributed by atoms with Crippen molar-refractivity contribution in [1.82, 2.24) is 0 Å². The van der Waals surface area contributed by atoms with Crippen molar-refractivity contribution in [2.75, 3.05) is 5.75 Å². The lowest BCUT2D eigenvalue weighted by Gasteiger charge is -2.09. The molecule has 0 saturated carbocycles. The van der Waals surface area contributed by atoms with E-state index in [2.05, 4.69) is 4.99 Å². The molecule has 0 aromatic heterocycles. The molecule has 0 N–H and O–H groups in total. The lowest BCUT2D eigenvalue weighted by molar-refractivity contribution is 0.179. The van der Waals surface area contributed by atoms with Crippen LogP contribution in [0.2, 0.25) is 0 Å². The zero-order valence-electron chi connectivity index (χ0n) is 6.20. The Bertz CT molecular complexity index is 197. The molecular formula is C6H8ClF2NS. The molecule has 0 radical (unpaired) electrons. The number of halogens is 3. The zero-order chi connectivity index (χ0) is 8.70. The van der Waals surface area contributed by atoms with Crippen molar-refractivity contribution in [3.63, 3.8) is 0 Å². The molecule has 0 aliphatic carbocycles. The maximum atomic E-state index is 12.4. The first kappa shape index (κ1) is 9.26. The van der Waals surface area contributed by atoms with Gasteiger partial charge in [-0.25, -0.2) is 0 Å². The minimum atomic E-state index is -3.28. The van der Waals surface area contributed by atoms with Gasteiger partial charge in [-0.05, 0) is 25.4 Å². The van der Waals surface area contributed by atoms with Gasteiger partial charge in [-0.1, -0.05) is 0 Å². The van der Waals surface area contributed by atoms with Crippen LogP contribution >= 0.6 is 23.4 Å². The second-order valence-corrected chi connectivity index (χ2v) is 4.45. The molecule has 1 aliphatic rings. The Morgan fingerprint density at radius 1 is 1.64 bits per heavy atom. The van der Waals surface area contributed by atoms with E-state index in [1.165, 1.54) is 0 Å². The number of aliphatic imine (C=N–C) groups is 1. The smallest absolute Gasteiger partial charge is 0.269 e. The first-order valence-electron chi connectivity index (χ1n) is 3.11. The molecule has 0 atom stereocenters. The number of hydrogen-bond donors (Lipinski definition) is 0. The van der Waals surface area contributed by atoms with Gasteiger partial charge in [0.15, 0.2) is 5.04 Å².